The number of ether oxygens (including phenoxy) is 1. The Labute approximate surface area is 104 Å². The first-order chi connectivity index (χ1) is 7.79. The van der Waals surface area contributed by atoms with E-state index in [1.54, 1.807) is 0 Å². The molecule has 0 amide bonds. The van der Waals surface area contributed by atoms with Crippen LogP contribution >= 0.6 is 0 Å². The molecule has 1 fully saturated rings. The molecule has 1 atom stereocenters. The third-order valence-corrected chi connectivity index (χ3v) is 3.51. The van der Waals surface area contributed by atoms with Crippen LogP contribution in [-0.4, -0.2) is 47.8 Å². The van der Waals surface area contributed by atoms with E-state index in [-0.39, 0.29) is 5.60 Å². The number of hydrogen-bond acceptors (Lipinski definition) is 3. The molecule has 0 bridgehead atoms. The minimum atomic E-state index is -0.653. The SMILES string of the molecule is CCC1(C(=O)O)CCN(CCOC(C)(C)C)C1. The van der Waals surface area contributed by atoms with Gasteiger partial charge in [0, 0.05) is 13.1 Å². The summed E-state index contributed by atoms with van der Waals surface area (Å²) in [6, 6.07) is 0. The number of carboxylic acid groups (broad SMARTS) is 1. The van der Waals surface area contributed by atoms with Crippen molar-refractivity contribution in [2.45, 2.75) is 46.1 Å². The number of carbonyl (C=O) groups is 1. The molecule has 4 heteroatoms. The third-order valence-electron chi connectivity index (χ3n) is 3.51. The monoisotopic (exact) mass is 243 g/mol. The molecule has 0 aromatic rings. The van der Waals surface area contributed by atoms with Crippen molar-refractivity contribution < 1.29 is 14.6 Å². The normalized spacial score (nSPS) is 26.4. The molecule has 4 nitrogen and oxygen atoms in total. The maximum atomic E-state index is 11.3. The Morgan fingerprint density at radius 3 is 2.53 bits per heavy atom. The molecule has 0 aromatic carbocycles. The minimum Gasteiger partial charge on any atom is -0.481 e. The maximum Gasteiger partial charge on any atom is 0.310 e. The number of aliphatic carboxylic acids is 1. The van der Waals surface area contributed by atoms with Crippen molar-refractivity contribution in [3.05, 3.63) is 0 Å². The summed E-state index contributed by atoms with van der Waals surface area (Å²) in [7, 11) is 0. The average Bonchev–Trinajstić information content (AvgIpc) is 2.61. The van der Waals surface area contributed by atoms with Crippen molar-refractivity contribution in [1.29, 1.82) is 0 Å². The maximum absolute atomic E-state index is 11.3. The van der Waals surface area contributed by atoms with E-state index >= 15 is 0 Å². The van der Waals surface area contributed by atoms with Crippen LogP contribution in [0.15, 0.2) is 0 Å². The van der Waals surface area contributed by atoms with Gasteiger partial charge in [-0.1, -0.05) is 6.92 Å². The molecule has 0 radical (unpaired) electrons. The van der Waals surface area contributed by atoms with Gasteiger partial charge < -0.3 is 9.84 Å². The van der Waals surface area contributed by atoms with Crippen LogP contribution in [0, 0.1) is 5.41 Å². The van der Waals surface area contributed by atoms with E-state index in [0.29, 0.717) is 19.6 Å². The van der Waals surface area contributed by atoms with Gasteiger partial charge in [0.2, 0.25) is 0 Å². The molecule has 100 valence electrons. The second kappa shape index (κ2) is 5.36. The number of hydrogen-bond donors (Lipinski definition) is 1. The van der Waals surface area contributed by atoms with E-state index in [2.05, 4.69) is 4.90 Å². The zero-order chi connectivity index (χ0) is 13.1. The van der Waals surface area contributed by atoms with Gasteiger partial charge in [0.25, 0.3) is 0 Å². The quantitative estimate of drug-likeness (QED) is 0.802. The topological polar surface area (TPSA) is 49.8 Å². The van der Waals surface area contributed by atoms with Gasteiger partial charge in [0.05, 0.1) is 17.6 Å². The lowest BCUT2D eigenvalue weighted by Crippen LogP contribution is -2.35. The van der Waals surface area contributed by atoms with Crippen LogP contribution in [0.25, 0.3) is 0 Å². The lowest BCUT2D eigenvalue weighted by atomic mass is 9.84. The van der Waals surface area contributed by atoms with Gasteiger partial charge in [0.15, 0.2) is 0 Å². The third kappa shape index (κ3) is 3.96. The van der Waals surface area contributed by atoms with Crippen molar-refractivity contribution >= 4 is 5.97 Å². The molecule has 1 aliphatic rings. The Morgan fingerprint density at radius 2 is 2.12 bits per heavy atom. The molecular weight excluding hydrogens is 218 g/mol. The van der Waals surface area contributed by atoms with Gasteiger partial charge in [-0.3, -0.25) is 9.69 Å². The molecule has 1 heterocycles. The lowest BCUT2D eigenvalue weighted by molar-refractivity contribution is -0.148. The molecule has 1 unspecified atom stereocenters. The van der Waals surface area contributed by atoms with Crippen LogP contribution in [0.2, 0.25) is 0 Å². The van der Waals surface area contributed by atoms with Gasteiger partial charge in [-0.15, -0.1) is 0 Å². The molecule has 1 N–H and O–H groups in total. The van der Waals surface area contributed by atoms with E-state index in [4.69, 9.17) is 4.74 Å². The lowest BCUT2D eigenvalue weighted by Gasteiger charge is -2.25. The van der Waals surface area contributed by atoms with E-state index in [9.17, 15) is 9.90 Å². The van der Waals surface area contributed by atoms with Crippen molar-refractivity contribution in [2.75, 3.05) is 26.2 Å². The van der Waals surface area contributed by atoms with Gasteiger partial charge in [0.1, 0.15) is 0 Å². The summed E-state index contributed by atoms with van der Waals surface area (Å²) in [5, 5.41) is 9.28. The van der Waals surface area contributed by atoms with Crippen LogP contribution in [0.3, 0.4) is 0 Å². The van der Waals surface area contributed by atoms with Gasteiger partial charge in [-0.05, 0) is 40.2 Å². The average molecular weight is 243 g/mol. The largest absolute Gasteiger partial charge is 0.481 e. The van der Waals surface area contributed by atoms with Gasteiger partial charge >= 0.3 is 5.97 Å². The highest BCUT2D eigenvalue weighted by molar-refractivity contribution is 5.75. The predicted octanol–water partition coefficient (Wildman–Crippen LogP) is 1.99. The van der Waals surface area contributed by atoms with Crippen LogP contribution in [0.4, 0.5) is 0 Å². The highest BCUT2D eigenvalue weighted by Gasteiger charge is 2.42. The molecule has 0 spiro atoms. The highest BCUT2D eigenvalue weighted by Crippen LogP contribution is 2.33. The molecule has 0 aromatic heterocycles. The Kier molecular flexibility index (Phi) is 4.55. The molecule has 1 saturated heterocycles. The Hall–Kier alpha value is -0.610. The zero-order valence-electron chi connectivity index (χ0n) is 11.5. The highest BCUT2D eigenvalue weighted by atomic mass is 16.5. The van der Waals surface area contributed by atoms with Crippen LogP contribution < -0.4 is 0 Å². The van der Waals surface area contributed by atoms with Gasteiger partial charge in [-0.2, -0.15) is 0 Å². The number of rotatable bonds is 5. The van der Waals surface area contributed by atoms with E-state index in [0.717, 1.165) is 19.5 Å². The molecule has 0 saturated carbocycles. The van der Waals surface area contributed by atoms with E-state index < -0.39 is 11.4 Å². The summed E-state index contributed by atoms with van der Waals surface area (Å²) in [6.07, 6.45) is 1.47. The molecule has 17 heavy (non-hydrogen) atoms. The van der Waals surface area contributed by atoms with Crippen molar-refractivity contribution in [2.24, 2.45) is 5.41 Å². The second-order valence-corrected chi connectivity index (χ2v) is 5.93. The predicted molar refractivity (Wildman–Crippen MR) is 67.1 cm³/mol. The van der Waals surface area contributed by atoms with Crippen LogP contribution in [-0.2, 0) is 9.53 Å². The summed E-state index contributed by atoms with van der Waals surface area (Å²) in [4.78, 5) is 13.5. The first-order valence-electron chi connectivity index (χ1n) is 6.39. The Morgan fingerprint density at radius 1 is 1.47 bits per heavy atom. The fraction of sp³-hybridized carbons (Fsp3) is 0.923. The summed E-state index contributed by atoms with van der Waals surface area (Å²) >= 11 is 0. The van der Waals surface area contributed by atoms with Crippen molar-refractivity contribution in [1.82, 2.24) is 4.90 Å². The Balaban J connectivity index is 2.38. The molecule has 1 aliphatic heterocycles. The summed E-state index contributed by atoms with van der Waals surface area (Å²) < 4.78 is 5.66. The summed E-state index contributed by atoms with van der Waals surface area (Å²) in [6.45, 7) is 11.1. The molecule has 0 aliphatic carbocycles. The number of likely N-dealkylation sites (tertiary alicyclic amines) is 1. The number of nitrogens with zero attached hydrogens (tertiary/aromatic N) is 1. The summed E-state index contributed by atoms with van der Waals surface area (Å²) in [5.41, 5.74) is -0.643. The van der Waals surface area contributed by atoms with E-state index in [1.807, 2.05) is 27.7 Å². The first kappa shape index (κ1) is 14.5. The minimum absolute atomic E-state index is 0.117. The van der Waals surface area contributed by atoms with Gasteiger partial charge in [-0.25, -0.2) is 0 Å². The van der Waals surface area contributed by atoms with Crippen molar-refractivity contribution in [3.63, 3.8) is 0 Å². The summed E-state index contributed by atoms with van der Waals surface area (Å²) in [5.74, 6) is -0.653. The first-order valence-corrected chi connectivity index (χ1v) is 6.39. The van der Waals surface area contributed by atoms with Crippen LogP contribution in [0.5, 0.6) is 0 Å². The molecular formula is C13H25NO3. The Bertz CT molecular complexity index is 272. The van der Waals surface area contributed by atoms with Crippen LogP contribution in [0.1, 0.15) is 40.5 Å². The zero-order valence-corrected chi connectivity index (χ0v) is 11.5. The fourth-order valence-electron chi connectivity index (χ4n) is 2.24. The van der Waals surface area contributed by atoms with Crippen molar-refractivity contribution in [3.8, 4) is 0 Å². The smallest absolute Gasteiger partial charge is 0.310 e. The second-order valence-electron chi connectivity index (χ2n) is 5.93. The number of carboxylic acids is 1. The van der Waals surface area contributed by atoms with E-state index in [1.165, 1.54) is 0 Å². The standard InChI is InChI=1S/C13H25NO3/c1-5-13(11(15)16)6-7-14(10-13)8-9-17-12(2,3)4/h5-10H2,1-4H3,(H,15,16). The molecule has 1 rings (SSSR count). The fourth-order valence-corrected chi connectivity index (χ4v) is 2.24.